The number of phenols is 1. The average molecular weight is 189 g/mol. The maximum atomic E-state index is 9.76. The molecule has 74 valence electrons. The first-order chi connectivity index (χ1) is 6.86. The van der Waals surface area contributed by atoms with Gasteiger partial charge >= 0.3 is 0 Å². The topological polar surface area (TPSA) is 32.3 Å². The van der Waals surface area contributed by atoms with Gasteiger partial charge in [-0.15, -0.1) is 0 Å². The first kappa shape index (κ1) is 8.30. The molecular formula is C12H15NO. The molecule has 2 aliphatic rings. The van der Waals surface area contributed by atoms with Crippen LogP contribution in [-0.4, -0.2) is 18.2 Å². The summed E-state index contributed by atoms with van der Waals surface area (Å²) in [6, 6.07) is 5.95. The van der Waals surface area contributed by atoms with Crippen LogP contribution in [0.25, 0.3) is 0 Å². The van der Waals surface area contributed by atoms with Crippen molar-refractivity contribution in [2.45, 2.75) is 18.8 Å². The molecule has 2 nitrogen and oxygen atoms in total. The van der Waals surface area contributed by atoms with Crippen molar-refractivity contribution in [3.05, 3.63) is 29.3 Å². The molecule has 3 rings (SSSR count). The summed E-state index contributed by atoms with van der Waals surface area (Å²) in [7, 11) is 0. The highest BCUT2D eigenvalue weighted by molar-refractivity contribution is 5.43. The number of hydrogen-bond acceptors (Lipinski definition) is 2. The molecule has 0 amide bonds. The fourth-order valence-corrected chi connectivity index (χ4v) is 2.94. The summed E-state index contributed by atoms with van der Waals surface area (Å²) < 4.78 is 0. The molecule has 1 aromatic rings. The van der Waals surface area contributed by atoms with E-state index < -0.39 is 0 Å². The van der Waals surface area contributed by atoms with Crippen molar-refractivity contribution in [2.75, 3.05) is 13.1 Å². The van der Waals surface area contributed by atoms with Crippen LogP contribution in [-0.2, 0) is 6.42 Å². The first-order valence-electron chi connectivity index (χ1n) is 5.38. The van der Waals surface area contributed by atoms with E-state index in [1.165, 1.54) is 17.5 Å². The number of nitrogens with one attached hydrogen (secondary N) is 1. The standard InChI is InChI=1S/C12H15NO/c14-12-3-1-2-9-10(12)5-4-8-6-13-7-11(8)9/h1-3,8,11,13-14H,4-7H2. The zero-order valence-corrected chi connectivity index (χ0v) is 8.16. The van der Waals surface area contributed by atoms with Crippen LogP contribution in [0.3, 0.4) is 0 Å². The van der Waals surface area contributed by atoms with Crippen LogP contribution in [0.1, 0.15) is 23.5 Å². The number of hydrogen-bond donors (Lipinski definition) is 2. The zero-order valence-electron chi connectivity index (χ0n) is 8.16. The summed E-state index contributed by atoms with van der Waals surface area (Å²) in [6.07, 6.45) is 2.27. The van der Waals surface area contributed by atoms with E-state index >= 15 is 0 Å². The van der Waals surface area contributed by atoms with E-state index in [-0.39, 0.29) is 0 Å². The third kappa shape index (κ3) is 1.07. The Kier molecular flexibility index (Phi) is 1.77. The van der Waals surface area contributed by atoms with Crippen LogP contribution in [0.4, 0.5) is 0 Å². The largest absolute Gasteiger partial charge is 0.508 e. The molecule has 1 aliphatic heterocycles. The second-order valence-electron chi connectivity index (χ2n) is 4.41. The molecule has 0 radical (unpaired) electrons. The lowest BCUT2D eigenvalue weighted by molar-refractivity contribution is 0.422. The number of aromatic hydroxyl groups is 1. The van der Waals surface area contributed by atoms with Gasteiger partial charge in [0.15, 0.2) is 0 Å². The van der Waals surface area contributed by atoms with Gasteiger partial charge in [0, 0.05) is 12.5 Å². The molecule has 2 N–H and O–H groups in total. The van der Waals surface area contributed by atoms with Gasteiger partial charge in [-0.2, -0.15) is 0 Å². The Morgan fingerprint density at radius 2 is 2.21 bits per heavy atom. The lowest BCUT2D eigenvalue weighted by Gasteiger charge is -2.27. The summed E-state index contributed by atoms with van der Waals surface area (Å²) in [5, 5.41) is 13.2. The van der Waals surface area contributed by atoms with E-state index in [0.717, 1.165) is 25.4 Å². The molecule has 14 heavy (non-hydrogen) atoms. The summed E-state index contributed by atoms with van der Waals surface area (Å²) in [6.45, 7) is 2.24. The van der Waals surface area contributed by atoms with Crippen molar-refractivity contribution in [3.63, 3.8) is 0 Å². The summed E-state index contributed by atoms with van der Waals surface area (Å²) in [4.78, 5) is 0. The van der Waals surface area contributed by atoms with Crippen molar-refractivity contribution >= 4 is 0 Å². The van der Waals surface area contributed by atoms with Gasteiger partial charge in [0.2, 0.25) is 0 Å². The third-order valence-electron chi connectivity index (χ3n) is 3.69. The Bertz CT molecular complexity index is 361. The predicted octanol–water partition coefficient (Wildman–Crippen LogP) is 1.64. The monoisotopic (exact) mass is 189 g/mol. The van der Waals surface area contributed by atoms with Crippen LogP contribution < -0.4 is 5.32 Å². The predicted molar refractivity (Wildman–Crippen MR) is 55.5 cm³/mol. The van der Waals surface area contributed by atoms with E-state index in [1.54, 1.807) is 0 Å². The molecule has 2 unspecified atom stereocenters. The summed E-state index contributed by atoms with van der Waals surface area (Å²) in [5.41, 5.74) is 2.57. The third-order valence-corrected chi connectivity index (χ3v) is 3.69. The van der Waals surface area contributed by atoms with Crippen molar-refractivity contribution < 1.29 is 5.11 Å². The maximum absolute atomic E-state index is 9.76. The smallest absolute Gasteiger partial charge is 0.119 e. The van der Waals surface area contributed by atoms with Gasteiger partial charge in [-0.25, -0.2) is 0 Å². The second-order valence-corrected chi connectivity index (χ2v) is 4.41. The highest BCUT2D eigenvalue weighted by Crippen LogP contribution is 2.41. The van der Waals surface area contributed by atoms with Crippen LogP contribution in [0.5, 0.6) is 5.75 Å². The van der Waals surface area contributed by atoms with Crippen molar-refractivity contribution in [2.24, 2.45) is 5.92 Å². The molecule has 2 atom stereocenters. The first-order valence-corrected chi connectivity index (χ1v) is 5.38. The minimum absolute atomic E-state index is 0.493. The molecule has 2 heteroatoms. The Morgan fingerprint density at radius 3 is 3.14 bits per heavy atom. The molecule has 1 aromatic carbocycles. The Morgan fingerprint density at radius 1 is 1.29 bits per heavy atom. The molecule has 0 bridgehead atoms. The van der Waals surface area contributed by atoms with Gasteiger partial charge < -0.3 is 10.4 Å². The lowest BCUT2D eigenvalue weighted by Crippen LogP contribution is -2.18. The van der Waals surface area contributed by atoms with Gasteiger partial charge in [0.1, 0.15) is 5.75 Å². The minimum atomic E-state index is 0.493. The Hall–Kier alpha value is -1.02. The highest BCUT2D eigenvalue weighted by atomic mass is 16.3. The maximum Gasteiger partial charge on any atom is 0.119 e. The van der Waals surface area contributed by atoms with E-state index in [0.29, 0.717) is 11.7 Å². The Labute approximate surface area is 84.0 Å². The molecule has 1 aliphatic carbocycles. The van der Waals surface area contributed by atoms with Gasteiger partial charge in [0.25, 0.3) is 0 Å². The molecule has 1 heterocycles. The van der Waals surface area contributed by atoms with Gasteiger partial charge in [0.05, 0.1) is 0 Å². The number of phenolic OH excluding ortho intramolecular Hbond substituents is 1. The van der Waals surface area contributed by atoms with Crippen LogP contribution in [0, 0.1) is 5.92 Å². The van der Waals surface area contributed by atoms with Crippen molar-refractivity contribution in [3.8, 4) is 5.75 Å². The molecule has 1 fully saturated rings. The van der Waals surface area contributed by atoms with E-state index in [9.17, 15) is 5.11 Å². The van der Waals surface area contributed by atoms with E-state index in [1.807, 2.05) is 12.1 Å². The fourth-order valence-electron chi connectivity index (χ4n) is 2.94. The van der Waals surface area contributed by atoms with Crippen molar-refractivity contribution in [1.29, 1.82) is 0 Å². The van der Waals surface area contributed by atoms with Gasteiger partial charge in [-0.1, -0.05) is 12.1 Å². The zero-order chi connectivity index (χ0) is 9.54. The minimum Gasteiger partial charge on any atom is -0.508 e. The number of benzene rings is 1. The second kappa shape index (κ2) is 2.99. The van der Waals surface area contributed by atoms with E-state index in [2.05, 4.69) is 11.4 Å². The van der Waals surface area contributed by atoms with Crippen LogP contribution >= 0.6 is 0 Å². The van der Waals surface area contributed by atoms with E-state index in [4.69, 9.17) is 0 Å². The van der Waals surface area contributed by atoms with Crippen LogP contribution in [0.2, 0.25) is 0 Å². The quantitative estimate of drug-likeness (QED) is 0.650. The molecule has 0 spiro atoms. The molecular weight excluding hydrogens is 174 g/mol. The molecule has 0 saturated carbocycles. The van der Waals surface area contributed by atoms with Gasteiger partial charge in [-0.05, 0) is 42.5 Å². The van der Waals surface area contributed by atoms with Crippen LogP contribution in [0.15, 0.2) is 18.2 Å². The summed E-state index contributed by atoms with van der Waals surface area (Å²) >= 11 is 0. The number of fused-ring (bicyclic) bond motifs is 3. The highest BCUT2D eigenvalue weighted by Gasteiger charge is 2.33. The Balaban J connectivity index is 2.09. The average Bonchev–Trinajstić information content (AvgIpc) is 2.66. The number of rotatable bonds is 0. The van der Waals surface area contributed by atoms with Gasteiger partial charge in [-0.3, -0.25) is 0 Å². The summed E-state index contributed by atoms with van der Waals surface area (Å²) in [5.74, 6) is 1.93. The normalized spacial score (nSPS) is 29.7. The molecule has 0 aromatic heterocycles. The van der Waals surface area contributed by atoms with Crippen molar-refractivity contribution in [1.82, 2.24) is 5.32 Å². The molecule has 1 saturated heterocycles. The fraction of sp³-hybridized carbons (Fsp3) is 0.500. The lowest BCUT2D eigenvalue weighted by atomic mass is 9.77. The SMILES string of the molecule is Oc1cccc2c1CCC1CNCC21.